The van der Waals surface area contributed by atoms with Gasteiger partial charge in [0.1, 0.15) is 4.90 Å². The lowest BCUT2D eigenvalue weighted by atomic mass is 10.1. The van der Waals surface area contributed by atoms with Crippen molar-refractivity contribution in [2.75, 3.05) is 5.73 Å². The molecule has 0 spiro atoms. The summed E-state index contributed by atoms with van der Waals surface area (Å²) in [6, 6.07) is 13.5. The molecular formula is C14H15ClN2O2S. The van der Waals surface area contributed by atoms with Crippen LogP contribution in [0, 0.1) is 0 Å². The van der Waals surface area contributed by atoms with Gasteiger partial charge < -0.3 is 5.73 Å². The number of anilines is 1. The van der Waals surface area contributed by atoms with E-state index >= 15 is 0 Å². The normalized spacial score (nSPS) is 13.1. The molecule has 1 unspecified atom stereocenters. The van der Waals surface area contributed by atoms with Gasteiger partial charge in [0, 0.05) is 6.04 Å². The molecule has 0 aliphatic carbocycles. The van der Waals surface area contributed by atoms with Crippen molar-refractivity contribution in [1.29, 1.82) is 0 Å². The predicted octanol–water partition coefficient (Wildman–Crippen LogP) is 2.96. The van der Waals surface area contributed by atoms with Crippen LogP contribution in [0.2, 0.25) is 5.02 Å². The molecule has 0 fully saturated rings. The molecule has 0 bridgehead atoms. The van der Waals surface area contributed by atoms with E-state index in [1.165, 1.54) is 12.1 Å². The van der Waals surface area contributed by atoms with Gasteiger partial charge in [-0.05, 0) is 24.6 Å². The molecule has 0 saturated carbocycles. The summed E-state index contributed by atoms with van der Waals surface area (Å²) in [6.45, 7) is 1.76. The zero-order valence-electron chi connectivity index (χ0n) is 10.9. The number of sulfonamides is 1. The van der Waals surface area contributed by atoms with Crippen molar-refractivity contribution in [1.82, 2.24) is 4.72 Å². The summed E-state index contributed by atoms with van der Waals surface area (Å²) >= 11 is 5.94. The Hall–Kier alpha value is -1.56. The Morgan fingerprint density at radius 1 is 1.10 bits per heavy atom. The van der Waals surface area contributed by atoms with Crippen molar-refractivity contribution >= 4 is 27.3 Å². The number of nitrogens with two attached hydrogens (primary N) is 1. The van der Waals surface area contributed by atoms with E-state index in [1.807, 2.05) is 30.3 Å². The Labute approximate surface area is 123 Å². The van der Waals surface area contributed by atoms with Crippen molar-refractivity contribution in [3.8, 4) is 0 Å². The minimum absolute atomic E-state index is 0.0792. The van der Waals surface area contributed by atoms with E-state index in [2.05, 4.69) is 4.72 Å². The average molecular weight is 311 g/mol. The first kappa shape index (κ1) is 14.8. The van der Waals surface area contributed by atoms with E-state index in [0.29, 0.717) is 0 Å². The van der Waals surface area contributed by atoms with Gasteiger partial charge in [-0.15, -0.1) is 0 Å². The van der Waals surface area contributed by atoms with Crippen molar-refractivity contribution < 1.29 is 8.42 Å². The van der Waals surface area contributed by atoms with Crippen LogP contribution in [0.3, 0.4) is 0 Å². The minimum Gasteiger partial charge on any atom is -0.398 e. The molecule has 2 rings (SSSR count). The number of nitrogen functional groups attached to an aromatic ring is 1. The molecule has 0 radical (unpaired) electrons. The Morgan fingerprint density at radius 3 is 2.35 bits per heavy atom. The Kier molecular flexibility index (Phi) is 4.32. The zero-order chi connectivity index (χ0) is 14.8. The van der Waals surface area contributed by atoms with Crippen LogP contribution in [0.4, 0.5) is 5.69 Å². The molecule has 0 heterocycles. The molecule has 2 aromatic carbocycles. The van der Waals surface area contributed by atoms with Crippen LogP contribution >= 0.6 is 11.6 Å². The van der Waals surface area contributed by atoms with Crippen LogP contribution in [-0.2, 0) is 10.0 Å². The van der Waals surface area contributed by atoms with Gasteiger partial charge in [0.2, 0.25) is 10.0 Å². The molecule has 0 aliphatic heterocycles. The van der Waals surface area contributed by atoms with Crippen LogP contribution in [0.5, 0.6) is 0 Å². The van der Waals surface area contributed by atoms with Gasteiger partial charge >= 0.3 is 0 Å². The van der Waals surface area contributed by atoms with Crippen molar-refractivity contribution in [3.05, 3.63) is 59.1 Å². The second kappa shape index (κ2) is 5.83. The van der Waals surface area contributed by atoms with E-state index in [0.717, 1.165) is 5.56 Å². The standard InChI is InChI=1S/C14H15ClN2O2S/c1-10(11-6-3-2-4-7-11)17-20(18,19)14-12(15)8-5-9-13(14)16/h2-10,17H,16H2,1H3. The minimum atomic E-state index is -3.78. The maximum atomic E-state index is 12.4. The molecule has 3 N–H and O–H groups in total. The Bertz CT molecular complexity index is 682. The summed E-state index contributed by atoms with van der Waals surface area (Å²) in [5.41, 5.74) is 6.71. The van der Waals surface area contributed by atoms with E-state index < -0.39 is 10.0 Å². The van der Waals surface area contributed by atoms with Crippen molar-refractivity contribution in [3.63, 3.8) is 0 Å². The summed E-state index contributed by atoms with van der Waals surface area (Å²) in [5.74, 6) is 0. The Balaban J connectivity index is 2.33. The largest absolute Gasteiger partial charge is 0.398 e. The summed E-state index contributed by atoms with van der Waals surface area (Å²) in [7, 11) is -3.78. The monoisotopic (exact) mass is 310 g/mol. The fraction of sp³-hybridized carbons (Fsp3) is 0.143. The third-order valence-corrected chi connectivity index (χ3v) is 4.98. The van der Waals surface area contributed by atoms with Crippen LogP contribution in [0.1, 0.15) is 18.5 Å². The number of halogens is 1. The van der Waals surface area contributed by atoms with Gasteiger partial charge in [-0.25, -0.2) is 13.1 Å². The zero-order valence-corrected chi connectivity index (χ0v) is 12.4. The van der Waals surface area contributed by atoms with Gasteiger partial charge in [-0.2, -0.15) is 0 Å². The quantitative estimate of drug-likeness (QED) is 0.853. The van der Waals surface area contributed by atoms with Crippen LogP contribution in [-0.4, -0.2) is 8.42 Å². The van der Waals surface area contributed by atoms with E-state index in [4.69, 9.17) is 17.3 Å². The molecule has 0 amide bonds. The summed E-state index contributed by atoms with van der Waals surface area (Å²) < 4.78 is 27.3. The molecule has 20 heavy (non-hydrogen) atoms. The lowest BCUT2D eigenvalue weighted by Crippen LogP contribution is -2.27. The average Bonchev–Trinajstić information content (AvgIpc) is 2.38. The molecular weight excluding hydrogens is 296 g/mol. The third-order valence-electron chi connectivity index (χ3n) is 2.90. The van der Waals surface area contributed by atoms with Gasteiger partial charge in [-0.1, -0.05) is 48.0 Å². The Morgan fingerprint density at radius 2 is 1.75 bits per heavy atom. The maximum absolute atomic E-state index is 12.4. The molecule has 0 saturated heterocycles. The fourth-order valence-corrected chi connectivity index (χ4v) is 3.82. The van der Waals surface area contributed by atoms with Gasteiger partial charge in [0.15, 0.2) is 0 Å². The molecule has 4 nitrogen and oxygen atoms in total. The molecule has 106 valence electrons. The van der Waals surface area contributed by atoms with E-state index in [-0.39, 0.29) is 21.6 Å². The highest BCUT2D eigenvalue weighted by atomic mass is 35.5. The molecule has 6 heteroatoms. The lowest BCUT2D eigenvalue weighted by molar-refractivity contribution is 0.567. The van der Waals surface area contributed by atoms with Gasteiger partial charge in [0.05, 0.1) is 10.7 Å². The number of hydrogen-bond donors (Lipinski definition) is 2. The van der Waals surface area contributed by atoms with Gasteiger partial charge in [-0.3, -0.25) is 0 Å². The second-order valence-electron chi connectivity index (χ2n) is 4.41. The highest BCUT2D eigenvalue weighted by Gasteiger charge is 2.23. The first-order valence-electron chi connectivity index (χ1n) is 6.03. The number of nitrogens with one attached hydrogen (secondary N) is 1. The van der Waals surface area contributed by atoms with Crippen LogP contribution < -0.4 is 10.5 Å². The maximum Gasteiger partial charge on any atom is 0.244 e. The summed E-state index contributed by atoms with van der Waals surface area (Å²) in [5, 5.41) is 0.109. The van der Waals surface area contributed by atoms with Crippen molar-refractivity contribution in [2.45, 2.75) is 17.9 Å². The third kappa shape index (κ3) is 3.12. The summed E-state index contributed by atoms with van der Waals surface area (Å²) in [4.78, 5) is -0.0792. The first-order valence-corrected chi connectivity index (χ1v) is 7.89. The molecule has 2 aromatic rings. The number of rotatable bonds is 4. The smallest absolute Gasteiger partial charge is 0.244 e. The summed E-state index contributed by atoms with van der Waals surface area (Å²) in [6.07, 6.45) is 0. The van der Waals surface area contributed by atoms with Crippen molar-refractivity contribution in [2.24, 2.45) is 0 Å². The van der Waals surface area contributed by atoms with Gasteiger partial charge in [0.25, 0.3) is 0 Å². The lowest BCUT2D eigenvalue weighted by Gasteiger charge is -2.16. The highest BCUT2D eigenvalue weighted by Crippen LogP contribution is 2.28. The topological polar surface area (TPSA) is 72.2 Å². The molecule has 1 atom stereocenters. The van der Waals surface area contributed by atoms with Crippen LogP contribution in [0.25, 0.3) is 0 Å². The highest BCUT2D eigenvalue weighted by molar-refractivity contribution is 7.89. The van der Waals surface area contributed by atoms with E-state index in [1.54, 1.807) is 13.0 Å². The predicted molar refractivity (Wildman–Crippen MR) is 81.0 cm³/mol. The fourth-order valence-electron chi connectivity index (χ4n) is 1.91. The number of hydrogen-bond acceptors (Lipinski definition) is 3. The first-order chi connectivity index (χ1) is 9.42. The molecule has 0 aromatic heterocycles. The second-order valence-corrected chi connectivity index (χ2v) is 6.47. The molecule has 0 aliphatic rings. The SMILES string of the molecule is CC(NS(=O)(=O)c1c(N)cccc1Cl)c1ccccc1. The van der Waals surface area contributed by atoms with Crippen LogP contribution in [0.15, 0.2) is 53.4 Å². The van der Waals surface area contributed by atoms with E-state index in [9.17, 15) is 8.42 Å². The number of benzene rings is 2.